The van der Waals surface area contributed by atoms with Crippen LogP contribution in [0.2, 0.25) is 0 Å². The van der Waals surface area contributed by atoms with Crippen molar-refractivity contribution in [3.63, 3.8) is 0 Å². The molecule has 2 saturated heterocycles. The molecule has 0 aromatic heterocycles. The van der Waals surface area contributed by atoms with Gasteiger partial charge in [-0.15, -0.1) is 0 Å². The lowest BCUT2D eigenvalue weighted by Gasteiger charge is -2.23. The molecular weight excluding hydrogens is 266 g/mol. The summed E-state index contributed by atoms with van der Waals surface area (Å²) in [5.41, 5.74) is 0. The second-order valence-electron chi connectivity index (χ2n) is 5.13. The lowest BCUT2D eigenvalue weighted by Crippen LogP contribution is -2.50. The molecule has 2 atom stereocenters. The molecule has 20 heavy (non-hydrogen) atoms. The van der Waals surface area contributed by atoms with Crippen molar-refractivity contribution in [1.29, 1.82) is 0 Å². The van der Waals surface area contributed by atoms with Crippen LogP contribution in [0.4, 0.5) is 4.79 Å². The Balaban J connectivity index is 1.94. The average molecular weight is 285 g/mol. The van der Waals surface area contributed by atoms with Crippen molar-refractivity contribution >= 4 is 17.9 Å². The Morgan fingerprint density at radius 1 is 1.35 bits per heavy atom. The van der Waals surface area contributed by atoms with Crippen LogP contribution in [0, 0.1) is 5.92 Å². The molecule has 2 N–H and O–H groups in total. The highest BCUT2D eigenvalue weighted by atomic mass is 16.5. The Kier molecular flexibility index (Phi) is 4.43. The zero-order valence-electron chi connectivity index (χ0n) is 11.4. The molecule has 2 rings (SSSR count). The molecule has 2 unspecified atom stereocenters. The van der Waals surface area contributed by atoms with E-state index in [1.807, 2.05) is 0 Å². The Labute approximate surface area is 116 Å². The Morgan fingerprint density at radius 2 is 2.10 bits per heavy atom. The minimum atomic E-state index is -0.987. The maximum atomic E-state index is 12.1. The van der Waals surface area contributed by atoms with Crippen molar-refractivity contribution in [2.45, 2.75) is 12.5 Å². The van der Waals surface area contributed by atoms with E-state index in [-0.39, 0.29) is 25.7 Å². The molecule has 0 spiro atoms. The first-order valence-electron chi connectivity index (χ1n) is 6.59. The fourth-order valence-electron chi connectivity index (χ4n) is 2.35. The van der Waals surface area contributed by atoms with Crippen molar-refractivity contribution in [3.05, 3.63) is 0 Å². The summed E-state index contributed by atoms with van der Waals surface area (Å²) in [6.45, 7) is 1.40. The lowest BCUT2D eigenvalue weighted by molar-refractivity contribution is -0.142. The number of hydrogen-bond donors (Lipinski definition) is 2. The maximum Gasteiger partial charge on any atom is 0.318 e. The van der Waals surface area contributed by atoms with Crippen LogP contribution in [-0.4, -0.2) is 78.8 Å². The molecule has 0 radical (unpaired) electrons. The van der Waals surface area contributed by atoms with Crippen molar-refractivity contribution in [2.75, 3.05) is 39.9 Å². The first-order valence-corrected chi connectivity index (χ1v) is 6.59. The molecule has 0 bridgehead atoms. The summed E-state index contributed by atoms with van der Waals surface area (Å²) < 4.78 is 5.09. The van der Waals surface area contributed by atoms with Crippen LogP contribution in [0.1, 0.15) is 6.42 Å². The molecule has 2 fully saturated rings. The number of likely N-dealkylation sites (N-methyl/N-ethyl adjacent to an activating group) is 1. The topological polar surface area (TPSA) is 99.2 Å². The monoisotopic (exact) mass is 285 g/mol. The predicted octanol–water partition coefficient (Wildman–Crippen LogP) is -1.04. The van der Waals surface area contributed by atoms with Crippen molar-refractivity contribution in [3.8, 4) is 0 Å². The van der Waals surface area contributed by atoms with Gasteiger partial charge in [0, 0.05) is 20.1 Å². The summed E-state index contributed by atoms with van der Waals surface area (Å²) >= 11 is 0. The van der Waals surface area contributed by atoms with Crippen LogP contribution in [0.25, 0.3) is 0 Å². The van der Waals surface area contributed by atoms with E-state index in [0.717, 1.165) is 0 Å². The first kappa shape index (κ1) is 14.6. The quantitative estimate of drug-likeness (QED) is 0.675. The molecular formula is C12H19N3O5. The van der Waals surface area contributed by atoms with Crippen LogP contribution in [0.5, 0.6) is 0 Å². The summed E-state index contributed by atoms with van der Waals surface area (Å²) in [5, 5.41) is 11.7. The number of urea groups is 1. The molecule has 2 heterocycles. The summed E-state index contributed by atoms with van der Waals surface area (Å²) in [6.07, 6.45) is 0.708. The van der Waals surface area contributed by atoms with Gasteiger partial charge in [0.1, 0.15) is 12.5 Å². The minimum Gasteiger partial charge on any atom is -0.481 e. The summed E-state index contributed by atoms with van der Waals surface area (Å²) in [5.74, 6) is -1.83. The number of aliphatic carboxylic acids is 1. The SMILES string of the molecule is CN1CCCN(C(=O)NC2COCC2C(=O)O)CC1=O. The predicted molar refractivity (Wildman–Crippen MR) is 68.1 cm³/mol. The Hall–Kier alpha value is -1.83. The third kappa shape index (κ3) is 3.19. The molecule has 0 aromatic carbocycles. The van der Waals surface area contributed by atoms with Crippen molar-refractivity contribution < 1.29 is 24.2 Å². The summed E-state index contributed by atoms with van der Waals surface area (Å²) in [7, 11) is 1.70. The van der Waals surface area contributed by atoms with Gasteiger partial charge in [0.15, 0.2) is 0 Å². The molecule has 2 aliphatic heterocycles. The minimum absolute atomic E-state index is 0.0215. The normalized spacial score (nSPS) is 27.4. The fraction of sp³-hybridized carbons (Fsp3) is 0.750. The molecule has 0 aromatic rings. The summed E-state index contributed by atoms with van der Waals surface area (Å²) in [4.78, 5) is 37.9. The molecule has 112 valence electrons. The van der Waals surface area contributed by atoms with Gasteiger partial charge < -0.3 is 25.0 Å². The lowest BCUT2D eigenvalue weighted by atomic mass is 10.0. The van der Waals surface area contributed by atoms with Crippen molar-refractivity contribution in [2.24, 2.45) is 5.92 Å². The average Bonchev–Trinajstić information content (AvgIpc) is 2.78. The van der Waals surface area contributed by atoms with Crippen LogP contribution >= 0.6 is 0 Å². The highest BCUT2D eigenvalue weighted by Gasteiger charge is 2.36. The molecule has 0 saturated carbocycles. The van der Waals surface area contributed by atoms with E-state index in [0.29, 0.717) is 19.5 Å². The first-order chi connectivity index (χ1) is 9.49. The number of carboxylic acid groups (broad SMARTS) is 1. The molecule has 3 amide bonds. The van der Waals surface area contributed by atoms with Gasteiger partial charge in [-0.05, 0) is 6.42 Å². The highest BCUT2D eigenvalue weighted by Crippen LogP contribution is 2.14. The molecule has 0 aliphatic carbocycles. The number of ether oxygens (including phenoxy) is 1. The number of carboxylic acids is 1. The highest BCUT2D eigenvalue weighted by molar-refractivity contribution is 5.85. The van der Waals surface area contributed by atoms with Gasteiger partial charge in [-0.2, -0.15) is 0 Å². The fourth-order valence-corrected chi connectivity index (χ4v) is 2.35. The van der Waals surface area contributed by atoms with E-state index in [4.69, 9.17) is 9.84 Å². The number of rotatable bonds is 2. The summed E-state index contributed by atoms with van der Waals surface area (Å²) in [6, 6.07) is -0.952. The Bertz CT molecular complexity index is 414. The van der Waals surface area contributed by atoms with Gasteiger partial charge in [0.05, 0.1) is 19.3 Å². The van der Waals surface area contributed by atoms with E-state index in [1.54, 1.807) is 11.9 Å². The standard InChI is InChI=1S/C12H19N3O5/c1-14-3-2-4-15(5-10(14)16)12(19)13-9-7-20-6-8(9)11(17)18/h8-9H,2-7H2,1H3,(H,13,19)(H,17,18). The number of carbonyl (C=O) groups excluding carboxylic acids is 2. The van der Waals surface area contributed by atoms with Gasteiger partial charge in [-0.3, -0.25) is 9.59 Å². The number of amides is 3. The van der Waals surface area contributed by atoms with Crippen LogP contribution in [0.3, 0.4) is 0 Å². The third-order valence-corrected chi connectivity index (χ3v) is 3.67. The van der Waals surface area contributed by atoms with Gasteiger partial charge in [0.25, 0.3) is 0 Å². The Morgan fingerprint density at radius 3 is 2.80 bits per heavy atom. The zero-order chi connectivity index (χ0) is 14.7. The van der Waals surface area contributed by atoms with E-state index >= 15 is 0 Å². The smallest absolute Gasteiger partial charge is 0.318 e. The van der Waals surface area contributed by atoms with Gasteiger partial charge >= 0.3 is 12.0 Å². The van der Waals surface area contributed by atoms with Gasteiger partial charge in [-0.1, -0.05) is 0 Å². The number of hydrogen-bond acceptors (Lipinski definition) is 4. The van der Waals surface area contributed by atoms with Crippen LogP contribution in [-0.2, 0) is 14.3 Å². The van der Waals surface area contributed by atoms with E-state index in [1.165, 1.54) is 4.90 Å². The number of carbonyl (C=O) groups is 3. The second kappa shape index (κ2) is 6.08. The number of nitrogens with one attached hydrogen (secondary N) is 1. The largest absolute Gasteiger partial charge is 0.481 e. The van der Waals surface area contributed by atoms with Crippen molar-refractivity contribution in [1.82, 2.24) is 15.1 Å². The molecule has 2 aliphatic rings. The third-order valence-electron chi connectivity index (χ3n) is 3.67. The van der Waals surface area contributed by atoms with E-state index in [2.05, 4.69) is 5.32 Å². The maximum absolute atomic E-state index is 12.1. The molecule has 8 heteroatoms. The number of nitrogens with zero attached hydrogens (tertiary/aromatic N) is 2. The zero-order valence-corrected chi connectivity index (χ0v) is 11.4. The second-order valence-corrected chi connectivity index (χ2v) is 5.13. The van der Waals surface area contributed by atoms with Crippen LogP contribution in [0.15, 0.2) is 0 Å². The van der Waals surface area contributed by atoms with Gasteiger partial charge in [-0.25, -0.2) is 4.79 Å². The molecule has 8 nitrogen and oxygen atoms in total. The van der Waals surface area contributed by atoms with E-state index < -0.39 is 24.0 Å². The van der Waals surface area contributed by atoms with Crippen LogP contribution < -0.4 is 5.32 Å². The van der Waals surface area contributed by atoms with E-state index in [9.17, 15) is 14.4 Å². The van der Waals surface area contributed by atoms with Gasteiger partial charge in [0.2, 0.25) is 5.91 Å².